The summed E-state index contributed by atoms with van der Waals surface area (Å²) in [7, 11) is 0. The number of hydrogen-bond donors (Lipinski definition) is 2. The molecule has 1 aliphatic rings. The van der Waals surface area contributed by atoms with Gasteiger partial charge in [-0.2, -0.15) is 0 Å². The minimum Gasteiger partial charge on any atom is -0.353 e. The summed E-state index contributed by atoms with van der Waals surface area (Å²) in [6.07, 6.45) is 7.92. The van der Waals surface area contributed by atoms with Crippen LogP contribution in [0.15, 0.2) is 0 Å². The number of rotatable bonds is 5. The van der Waals surface area contributed by atoms with E-state index in [0.717, 1.165) is 19.6 Å². The summed E-state index contributed by atoms with van der Waals surface area (Å²) < 4.78 is 0. The second-order valence-electron chi connectivity index (χ2n) is 3.85. The molecule has 0 saturated carbocycles. The van der Waals surface area contributed by atoms with E-state index in [2.05, 4.69) is 16.1 Å². The highest BCUT2D eigenvalue weighted by Gasteiger charge is 2.13. The number of nitrogens with two attached hydrogens (primary N) is 1. The Kier molecular flexibility index (Phi) is 5.16. The lowest BCUT2D eigenvalue weighted by Crippen LogP contribution is -2.43. The van der Waals surface area contributed by atoms with E-state index in [4.69, 9.17) is 12.2 Å². The third-order valence-electron chi connectivity index (χ3n) is 2.60. The second kappa shape index (κ2) is 6.44. The molecule has 4 heteroatoms. The highest BCUT2D eigenvalue weighted by Crippen LogP contribution is 2.05. The standard InChI is InChI=1S/C11H19N3O/c1-2-5-10(12)11(15)13-6-9-14-7-3-4-8-14/h1,10H,3-9,12H2,(H,13,15). The Morgan fingerprint density at radius 1 is 1.53 bits per heavy atom. The van der Waals surface area contributed by atoms with Gasteiger partial charge >= 0.3 is 0 Å². The monoisotopic (exact) mass is 209 g/mol. The Morgan fingerprint density at radius 2 is 2.20 bits per heavy atom. The minimum atomic E-state index is -0.562. The van der Waals surface area contributed by atoms with Crippen LogP contribution >= 0.6 is 0 Å². The number of nitrogens with zero attached hydrogens (tertiary/aromatic N) is 1. The van der Waals surface area contributed by atoms with Crippen molar-refractivity contribution >= 4 is 5.91 Å². The van der Waals surface area contributed by atoms with Crippen LogP contribution in [-0.2, 0) is 4.79 Å². The number of terminal acetylenes is 1. The van der Waals surface area contributed by atoms with E-state index in [-0.39, 0.29) is 5.91 Å². The van der Waals surface area contributed by atoms with Crippen LogP contribution in [0.2, 0.25) is 0 Å². The minimum absolute atomic E-state index is 0.146. The zero-order chi connectivity index (χ0) is 11.1. The molecule has 1 unspecified atom stereocenters. The molecule has 0 bridgehead atoms. The maximum atomic E-state index is 11.4. The Bertz CT molecular complexity index is 241. The number of hydrogen-bond acceptors (Lipinski definition) is 3. The molecule has 4 nitrogen and oxygen atoms in total. The van der Waals surface area contributed by atoms with Crippen LogP contribution < -0.4 is 11.1 Å². The molecule has 1 rings (SSSR count). The van der Waals surface area contributed by atoms with Gasteiger partial charge in [0.1, 0.15) is 0 Å². The van der Waals surface area contributed by atoms with Crippen molar-refractivity contribution in [3.8, 4) is 12.3 Å². The van der Waals surface area contributed by atoms with Gasteiger partial charge in [0.15, 0.2) is 0 Å². The Balaban J connectivity index is 2.08. The second-order valence-corrected chi connectivity index (χ2v) is 3.85. The van der Waals surface area contributed by atoms with Crippen LogP contribution in [0.3, 0.4) is 0 Å². The highest BCUT2D eigenvalue weighted by molar-refractivity contribution is 5.81. The van der Waals surface area contributed by atoms with Crippen molar-refractivity contribution in [1.29, 1.82) is 0 Å². The average Bonchev–Trinajstić information content (AvgIpc) is 2.71. The summed E-state index contributed by atoms with van der Waals surface area (Å²) in [6, 6.07) is -0.562. The molecule has 1 amide bonds. The molecule has 1 fully saturated rings. The van der Waals surface area contributed by atoms with Crippen molar-refractivity contribution in [3.05, 3.63) is 0 Å². The molecule has 1 aliphatic heterocycles. The van der Waals surface area contributed by atoms with Gasteiger partial charge in [-0.3, -0.25) is 4.79 Å². The molecule has 84 valence electrons. The molecular weight excluding hydrogens is 190 g/mol. The first-order chi connectivity index (χ1) is 7.24. The van der Waals surface area contributed by atoms with Crippen molar-refractivity contribution in [2.75, 3.05) is 26.2 Å². The number of carbonyl (C=O) groups is 1. The zero-order valence-corrected chi connectivity index (χ0v) is 9.04. The predicted octanol–water partition coefficient (Wildman–Crippen LogP) is -0.451. The van der Waals surface area contributed by atoms with E-state index in [1.165, 1.54) is 12.8 Å². The fourth-order valence-corrected chi connectivity index (χ4v) is 1.69. The quantitative estimate of drug-likeness (QED) is 0.603. The maximum Gasteiger partial charge on any atom is 0.237 e. The van der Waals surface area contributed by atoms with Crippen molar-refractivity contribution in [2.24, 2.45) is 5.73 Å². The lowest BCUT2D eigenvalue weighted by atomic mass is 10.2. The fourth-order valence-electron chi connectivity index (χ4n) is 1.69. The first-order valence-electron chi connectivity index (χ1n) is 5.43. The summed E-state index contributed by atoms with van der Waals surface area (Å²) in [5.74, 6) is 2.24. The Labute approximate surface area is 91.2 Å². The van der Waals surface area contributed by atoms with Gasteiger partial charge in [0.2, 0.25) is 5.91 Å². The van der Waals surface area contributed by atoms with Crippen molar-refractivity contribution < 1.29 is 4.79 Å². The number of amides is 1. The molecule has 0 radical (unpaired) electrons. The van der Waals surface area contributed by atoms with Gasteiger partial charge < -0.3 is 16.0 Å². The first kappa shape index (κ1) is 12.0. The van der Waals surface area contributed by atoms with Crippen LogP contribution in [0.5, 0.6) is 0 Å². The zero-order valence-electron chi connectivity index (χ0n) is 9.04. The molecule has 1 atom stereocenters. The molecule has 0 spiro atoms. The molecule has 0 aromatic heterocycles. The number of nitrogens with one attached hydrogen (secondary N) is 1. The van der Waals surface area contributed by atoms with Crippen molar-refractivity contribution in [1.82, 2.24) is 10.2 Å². The summed E-state index contributed by atoms with van der Waals surface area (Å²) in [5.41, 5.74) is 5.55. The normalized spacial score (nSPS) is 18.4. The van der Waals surface area contributed by atoms with Gasteiger partial charge in [0.25, 0.3) is 0 Å². The molecular formula is C11H19N3O. The van der Waals surface area contributed by atoms with Gasteiger partial charge in [-0.25, -0.2) is 0 Å². The van der Waals surface area contributed by atoms with Gasteiger partial charge in [-0.1, -0.05) is 0 Å². The van der Waals surface area contributed by atoms with E-state index >= 15 is 0 Å². The number of carbonyl (C=O) groups excluding carboxylic acids is 1. The average molecular weight is 209 g/mol. The van der Waals surface area contributed by atoms with Crippen LogP contribution in [0, 0.1) is 12.3 Å². The molecule has 1 heterocycles. The number of likely N-dealkylation sites (tertiary alicyclic amines) is 1. The Morgan fingerprint density at radius 3 is 2.80 bits per heavy atom. The third kappa shape index (κ3) is 4.32. The first-order valence-corrected chi connectivity index (χ1v) is 5.43. The van der Waals surface area contributed by atoms with Gasteiger partial charge in [-0.15, -0.1) is 12.3 Å². The van der Waals surface area contributed by atoms with Crippen molar-refractivity contribution in [3.63, 3.8) is 0 Å². The molecule has 3 N–H and O–H groups in total. The molecule has 1 saturated heterocycles. The van der Waals surface area contributed by atoms with Gasteiger partial charge in [0, 0.05) is 19.5 Å². The van der Waals surface area contributed by atoms with E-state index in [1.54, 1.807) is 0 Å². The maximum absolute atomic E-state index is 11.4. The topological polar surface area (TPSA) is 58.4 Å². The van der Waals surface area contributed by atoms with E-state index in [9.17, 15) is 4.79 Å². The van der Waals surface area contributed by atoms with E-state index in [1.807, 2.05) is 0 Å². The SMILES string of the molecule is C#CCC(N)C(=O)NCCN1CCCC1. The lowest BCUT2D eigenvalue weighted by Gasteiger charge is -2.15. The van der Waals surface area contributed by atoms with Gasteiger partial charge in [0.05, 0.1) is 6.04 Å². The van der Waals surface area contributed by atoms with Gasteiger partial charge in [-0.05, 0) is 25.9 Å². The molecule has 15 heavy (non-hydrogen) atoms. The van der Waals surface area contributed by atoms with Crippen molar-refractivity contribution in [2.45, 2.75) is 25.3 Å². The molecule has 0 aliphatic carbocycles. The van der Waals surface area contributed by atoms with Crippen LogP contribution in [0.25, 0.3) is 0 Å². The van der Waals surface area contributed by atoms with E-state index < -0.39 is 6.04 Å². The Hall–Kier alpha value is -1.05. The summed E-state index contributed by atoms with van der Waals surface area (Å²) in [6.45, 7) is 3.87. The lowest BCUT2D eigenvalue weighted by molar-refractivity contribution is -0.122. The van der Waals surface area contributed by atoms with E-state index in [0.29, 0.717) is 13.0 Å². The van der Waals surface area contributed by atoms with Crippen LogP contribution in [-0.4, -0.2) is 43.0 Å². The predicted molar refractivity (Wildman–Crippen MR) is 60.1 cm³/mol. The highest BCUT2D eigenvalue weighted by atomic mass is 16.2. The largest absolute Gasteiger partial charge is 0.353 e. The molecule has 0 aromatic rings. The van der Waals surface area contributed by atoms with Crippen LogP contribution in [0.4, 0.5) is 0 Å². The summed E-state index contributed by atoms with van der Waals surface area (Å²) in [5, 5.41) is 2.79. The fraction of sp³-hybridized carbons (Fsp3) is 0.727. The summed E-state index contributed by atoms with van der Waals surface area (Å²) >= 11 is 0. The van der Waals surface area contributed by atoms with Crippen LogP contribution in [0.1, 0.15) is 19.3 Å². The molecule has 0 aromatic carbocycles. The smallest absolute Gasteiger partial charge is 0.237 e. The summed E-state index contributed by atoms with van der Waals surface area (Å²) in [4.78, 5) is 13.7. The third-order valence-corrected chi connectivity index (χ3v) is 2.60.